The van der Waals surface area contributed by atoms with Gasteiger partial charge in [0.1, 0.15) is 5.65 Å². The van der Waals surface area contributed by atoms with Crippen molar-refractivity contribution < 1.29 is 14.7 Å². The van der Waals surface area contributed by atoms with E-state index in [9.17, 15) is 14.7 Å². The van der Waals surface area contributed by atoms with Crippen molar-refractivity contribution in [2.45, 2.75) is 25.3 Å². The van der Waals surface area contributed by atoms with Crippen LogP contribution in [0.25, 0.3) is 21.9 Å². The van der Waals surface area contributed by atoms with Gasteiger partial charge in [-0.05, 0) is 31.4 Å². The first-order valence-electron chi connectivity index (χ1n) is 11.4. The smallest absolute Gasteiger partial charge is 0.317 e. The number of carbonyl (C=O) groups excluding carboxylic acids is 2. The molecule has 2 fully saturated rings. The van der Waals surface area contributed by atoms with Crippen molar-refractivity contribution in [2.75, 3.05) is 37.7 Å². The van der Waals surface area contributed by atoms with Crippen LogP contribution in [-0.4, -0.2) is 70.6 Å². The molecule has 2 saturated heterocycles. The molecular formula is C23H28N7O3. The van der Waals surface area contributed by atoms with Gasteiger partial charge in [-0.3, -0.25) is 9.78 Å². The Labute approximate surface area is 191 Å². The Balaban J connectivity index is 1.23. The quantitative estimate of drug-likeness (QED) is 0.554. The van der Waals surface area contributed by atoms with Gasteiger partial charge in [0.25, 0.3) is 0 Å². The lowest BCUT2D eigenvalue weighted by Crippen LogP contribution is -2.54. The molecule has 173 valence electrons. The van der Waals surface area contributed by atoms with E-state index in [-0.39, 0.29) is 18.6 Å². The highest BCUT2D eigenvalue weighted by molar-refractivity contribution is 6.09. The topological polar surface area (TPSA) is 140 Å². The van der Waals surface area contributed by atoms with Gasteiger partial charge < -0.3 is 25.8 Å². The van der Waals surface area contributed by atoms with E-state index in [0.29, 0.717) is 13.0 Å². The summed E-state index contributed by atoms with van der Waals surface area (Å²) in [6, 6.07) is 3.97. The minimum absolute atomic E-state index is 0.0651. The summed E-state index contributed by atoms with van der Waals surface area (Å²) in [5, 5.41) is 16.8. The van der Waals surface area contributed by atoms with Crippen molar-refractivity contribution in [3.8, 4) is 0 Å². The number of hydrogen-bond acceptors (Lipinski definition) is 5. The second-order valence-corrected chi connectivity index (χ2v) is 8.97. The molecule has 0 aromatic carbocycles. The minimum Gasteiger partial charge on any atom is -0.371 e. The Morgan fingerprint density at radius 2 is 1.97 bits per heavy atom. The number of aromatic nitrogens is 3. The van der Waals surface area contributed by atoms with Gasteiger partial charge in [0.15, 0.2) is 0 Å². The number of nitrogens with one attached hydrogen (secondary N) is 2. The summed E-state index contributed by atoms with van der Waals surface area (Å²) in [4.78, 5) is 40.4. The summed E-state index contributed by atoms with van der Waals surface area (Å²) in [5.74, 6) is -1.30. The number of aromatic amines is 1. The van der Waals surface area contributed by atoms with Crippen LogP contribution < -0.4 is 16.0 Å². The Morgan fingerprint density at radius 1 is 1.15 bits per heavy atom. The number of piperidine rings is 2. The number of nitrogens with zero attached hydrogens (tertiary/aromatic N) is 4. The van der Waals surface area contributed by atoms with Crippen molar-refractivity contribution in [1.29, 1.82) is 0 Å². The van der Waals surface area contributed by atoms with Crippen LogP contribution in [0.4, 0.5) is 10.5 Å². The number of H-pyrrole nitrogens is 1. The standard InChI is InChI=1S/C23H28N7O3/c24-21(32)16-5-10-30(12-14(16)13-31)23(33)28-15-3-8-29(9-4-15)19-2-7-25-18-11-27-22-17(20(18)19)1-6-26-22/h1-2,6-7,11,14-16H,3-5,8-10,12-13H2,(H2,24,32)(H,26,27)(H,28,33). The number of nitrogens with two attached hydrogens (primary N) is 1. The lowest BCUT2D eigenvalue weighted by atomic mass is 9.85. The number of anilines is 1. The zero-order valence-corrected chi connectivity index (χ0v) is 18.4. The minimum atomic E-state index is -0.445. The molecule has 0 saturated carbocycles. The third kappa shape index (κ3) is 4.06. The number of primary amides is 1. The Bertz CT molecular complexity index is 1170. The van der Waals surface area contributed by atoms with E-state index in [1.165, 1.54) is 0 Å². The normalized spacial score (nSPS) is 22.1. The lowest BCUT2D eigenvalue weighted by molar-refractivity contribution is -0.126. The predicted molar refractivity (Wildman–Crippen MR) is 123 cm³/mol. The summed E-state index contributed by atoms with van der Waals surface area (Å²) < 4.78 is 0. The molecule has 3 aromatic rings. The summed E-state index contributed by atoms with van der Waals surface area (Å²) in [7, 11) is 0. The Hall–Kier alpha value is -3.40. The molecule has 5 heterocycles. The van der Waals surface area contributed by atoms with Gasteiger partial charge in [0, 0.05) is 72.9 Å². The SMILES string of the molecule is NC(=O)C1CCN(C(=O)NC2CCN(c3ccnc4cnc5[nH]ccc5c34)CC2)CC1C[O]. The summed E-state index contributed by atoms with van der Waals surface area (Å²) in [6.07, 6.45) is 7.58. The first kappa shape index (κ1) is 21.4. The van der Waals surface area contributed by atoms with E-state index < -0.39 is 24.3 Å². The van der Waals surface area contributed by atoms with Crippen LogP contribution in [0.3, 0.4) is 0 Å². The van der Waals surface area contributed by atoms with Gasteiger partial charge in [-0.1, -0.05) is 0 Å². The van der Waals surface area contributed by atoms with Crippen molar-refractivity contribution in [3.63, 3.8) is 0 Å². The molecule has 2 aliphatic rings. The van der Waals surface area contributed by atoms with Crippen LogP contribution in [-0.2, 0) is 9.90 Å². The van der Waals surface area contributed by atoms with Crippen molar-refractivity contribution >= 4 is 39.6 Å². The Kier molecular flexibility index (Phi) is 5.76. The molecule has 3 amide bonds. The van der Waals surface area contributed by atoms with Crippen LogP contribution in [0, 0.1) is 11.8 Å². The first-order valence-corrected chi connectivity index (χ1v) is 11.4. The van der Waals surface area contributed by atoms with Gasteiger partial charge in [0.2, 0.25) is 5.91 Å². The molecule has 10 heteroatoms. The fraction of sp³-hybridized carbons (Fsp3) is 0.478. The van der Waals surface area contributed by atoms with E-state index >= 15 is 0 Å². The van der Waals surface area contributed by atoms with Crippen molar-refractivity contribution in [3.05, 3.63) is 30.7 Å². The lowest BCUT2D eigenvalue weighted by Gasteiger charge is -2.38. The van der Waals surface area contributed by atoms with Gasteiger partial charge in [-0.2, -0.15) is 0 Å². The largest absolute Gasteiger partial charge is 0.371 e. The molecule has 5 rings (SSSR count). The highest BCUT2D eigenvalue weighted by Crippen LogP contribution is 2.32. The van der Waals surface area contributed by atoms with Gasteiger partial charge >= 0.3 is 6.03 Å². The number of likely N-dealkylation sites (tertiary alicyclic amines) is 1. The molecule has 2 unspecified atom stereocenters. The van der Waals surface area contributed by atoms with Crippen molar-refractivity contribution in [1.82, 2.24) is 25.2 Å². The van der Waals surface area contributed by atoms with Crippen LogP contribution in [0.2, 0.25) is 0 Å². The molecular weight excluding hydrogens is 422 g/mol. The van der Waals surface area contributed by atoms with Gasteiger partial charge in [-0.15, -0.1) is 0 Å². The average molecular weight is 451 g/mol. The van der Waals surface area contributed by atoms with E-state index in [0.717, 1.165) is 53.6 Å². The average Bonchev–Trinajstić information content (AvgIpc) is 3.33. The number of pyridine rings is 2. The van der Waals surface area contributed by atoms with E-state index in [1.54, 1.807) is 11.1 Å². The monoisotopic (exact) mass is 450 g/mol. The van der Waals surface area contributed by atoms with Gasteiger partial charge in [-0.25, -0.2) is 14.9 Å². The summed E-state index contributed by atoms with van der Waals surface area (Å²) in [5.41, 5.74) is 8.25. The molecule has 2 aliphatic heterocycles. The number of amides is 3. The highest BCUT2D eigenvalue weighted by Gasteiger charge is 2.35. The predicted octanol–water partition coefficient (Wildman–Crippen LogP) is 1.64. The molecule has 0 bridgehead atoms. The number of carbonyl (C=O) groups is 2. The molecule has 2 atom stereocenters. The first-order chi connectivity index (χ1) is 16.0. The third-order valence-corrected chi connectivity index (χ3v) is 7.03. The van der Waals surface area contributed by atoms with Crippen LogP contribution in [0.5, 0.6) is 0 Å². The van der Waals surface area contributed by atoms with Crippen molar-refractivity contribution in [2.24, 2.45) is 17.6 Å². The fourth-order valence-corrected chi connectivity index (χ4v) is 5.19. The second-order valence-electron chi connectivity index (χ2n) is 8.97. The maximum atomic E-state index is 12.8. The fourth-order valence-electron chi connectivity index (χ4n) is 5.19. The third-order valence-electron chi connectivity index (χ3n) is 7.03. The summed E-state index contributed by atoms with van der Waals surface area (Å²) >= 11 is 0. The number of urea groups is 1. The molecule has 10 nitrogen and oxygen atoms in total. The van der Waals surface area contributed by atoms with Gasteiger partial charge in [0.05, 0.1) is 18.3 Å². The van der Waals surface area contributed by atoms with E-state index in [4.69, 9.17) is 5.73 Å². The zero-order chi connectivity index (χ0) is 22.9. The molecule has 1 radical (unpaired) electrons. The molecule has 33 heavy (non-hydrogen) atoms. The molecule has 4 N–H and O–H groups in total. The van der Waals surface area contributed by atoms with E-state index in [2.05, 4.69) is 25.2 Å². The number of fused-ring (bicyclic) bond motifs is 3. The zero-order valence-electron chi connectivity index (χ0n) is 18.4. The second kappa shape index (κ2) is 8.86. The van der Waals surface area contributed by atoms with Crippen LogP contribution >= 0.6 is 0 Å². The van der Waals surface area contributed by atoms with Crippen LogP contribution in [0.15, 0.2) is 30.7 Å². The van der Waals surface area contributed by atoms with E-state index in [1.807, 2.05) is 24.5 Å². The maximum Gasteiger partial charge on any atom is 0.317 e. The number of rotatable bonds is 4. The molecule has 0 aliphatic carbocycles. The number of hydrogen-bond donors (Lipinski definition) is 3. The maximum absolute atomic E-state index is 12.8. The molecule has 3 aromatic heterocycles. The summed E-state index contributed by atoms with van der Waals surface area (Å²) in [6.45, 7) is 1.94. The Morgan fingerprint density at radius 3 is 2.73 bits per heavy atom. The highest BCUT2D eigenvalue weighted by atomic mass is 16.3. The van der Waals surface area contributed by atoms with Crippen LogP contribution in [0.1, 0.15) is 19.3 Å². The molecule has 0 spiro atoms.